The molecule has 1 aromatic rings. The first-order valence-corrected chi connectivity index (χ1v) is 10.1. The summed E-state index contributed by atoms with van der Waals surface area (Å²) in [6.45, 7) is 7.89. The third-order valence-electron chi connectivity index (χ3n) is 4.76. The van der Waals surface area contributed by atoms with Gasteiger partial charge in [-0.2, -0.15) is 0 Å². The highest BCUT2D eigenvalue weighted by molar-refractivity contribution is 5.94. The van der Waals surface area contributed by atoms with Gasteiger partial charge >= 0.3 is 6.09 Å². The molecule has 1 aliphatic heterocycles. The topological polar surface area (TPSA) is 67.9 Å². The number of ether oxygens (including phenoxy) is 2. The molecule has 0 bridgehead atoms. The minimum absolute atomic E-state index is 0.0250. The Hall–Kier alpha value is -2.31. The van der Waals surface area contributed by atoms with Crippen molar-refractivity contribution in [2.45, 2.75) is 52.6 Å². The Morgan fingerprint density at radius 3 is 2.61 bits per heavy atom. The minimum atomic E-state index is -0.580. The summed E-state index contributed by atoms with van der Waals surface area (Å²) in [4.78, 5) is 25.4. The van der Waals surface area contributed by atoms with Crippen LogP contribution in [0.1, 0.15) is 56.8 Å². The maximum Gasteiger partial charge on any atom is 0.410 e. The van der Waals surface area contributed by atoms with Crippen molar-refractivity contribution in [2.75, 3.05) is 26.2 Å². The fourth-order valence-corrected chi connectivity index (χ4v) is 3.27. The van der Waals surface area contributed by atoms with Crippen LogP contribution in [0.15, 0.2) is 18.2 Å². The third kappa shape index (κ3) is 6.69. The number of amides is 2. The number of nitrogens with zero attached hydrogens (tertiary/aromatic N) is 1. The molecule has 2 rings (SSSR count). The van der Waals surface area contributed by atoms with E-state index in [2.05, 4.69) is 5.32 Å². The number of hydrogen-bond donors (Lipinski definition) is 1. The van der Waals surface area contributed by atoms with E-state index in [4.69, 9.17) is 9.47 Å². The van der Waals surface area contributed by atoms with E-state index in [0.717, 1.165) is 38.8 Å². The normalized spacial score (nSPS) is 14.8. The highest BCUT2D eigenvalue weighted by Gasteiger charge is 2.24. The molecule has 0 radical (unpaired) electrons. The predicted molar refractivity (Wildman–Crippen MR) is 105 cm³/mol. The average Bonchev–Trinajstić information content (AvgIpc) is 2.65. The van der Waals surface area contributed by atoms with Crippen molar-refractivity contribution in [3.05, 3.63) is 29.6 Å². The average molecular weight is 394 g/mol. The van der Waals surface area contributed by atoms with Crippen LogP contribution in [0.4, 0.5) is 9.18 Å². The van der Waals surface area contributed by atoms with Crippen LogP contribution in [0.25, 0.3) is 0 Å². The molecule has 1 heterocycles. The maximum absolute atomic E-state index is 14.0. The summed E-state index contributed by atoms with van der Waals surface area (Å²) in [5.74, 6) is -0.0142. The van der Waals surface area contributed by atoms with E-state index in [1.807, 2.05) is 13.8 Å². The van der Waals surface area contributed by atoms with E-state index in [0.29, 0.717) is 24.8 Å². The Labute approximate surface area is 166 Å². The number of benzene rings is 1. The lowest BCUT2D eigenvalue weighted by molar-refractivity contribution is 0.0643. The highest BCUT2D eigenvalue weighted by atomic mass is 19.1. The smallest absolute Gasteiger partial charge is 0.410 e. The highest BCUT2D eigenvalue weighted by Crippen LogP contribution is 2.23. The molecule has 0 aromatic heterocycles. The first kappa shape index (κ1) is 22.0. The molecule has 6 nitrogen and oxygen atoms in total. The number of carbonyl (C=O) groups excluding carboxylic acids is 2. The van der Waals surface area contributed by atoms with Crippen molar-refractivity contribution in [1.82, 2.24) is 10.2 Å². The largest absolute Gasteiger partial charge is 0.493 e. The standard InChI is InChI=1S/C21H31FN2O4/c1-4-23-20(25)18-8-7-17(14-19(18)22)27-13-5-6-16-9-11-24(12-10-16)21(26)28-15(2)3/h7-8,14-16H,4-6,9-13H2,1-3H3,(H,23,25). The third-order valence-corrected chi connectivity index (χ3v) is 4.76. The lowest BCUT2D eigenvalue weighted by Crippen LogP contribution is -2.39. The van der Waals surface area contributed by atoms with E-state index in [-0.39, 0.29) is 17.8 Å². The second-order valence-electron chi connectivity index (χ2n) is 7.35. The summed E-state index contributed by atoms with van der Waals surface area (Å²) in [6.07, 6.45) is 3.47. The van der Waals surface area contributed by atoms with Crippen molar-refractivity contribution >= 4 is 12.0 Å². The predicted octanol–water partition coefficient (Wildman–Crippen LogP) is 3.99. The van der Waals surface area contributed by atoms with Crippen LogP contribution < -0.4 is 10.1 Å². The van der Waals surface area contributed by atoms with Crippen LogP contribution in [-0.4, -0.2) is 49.2 Å². The van der Waals surface area contributed by atoms with Crippen molar-refractivity contribution in [3.8, 4) is 5.75 Å². The number of nitrogens with one attached hydrogen (secondary N) is 1. The first-order chi connectivity index (χ1) is 13.4. The number of piperidine rings is 1. The van der Waals surface area contributed by atoms with E-state index < -0.39 is 11.7 Å². The zero-order chi connectivity index (χ0) is 20.5. The summed E-state index contributed by atoms with van der Waals surface area (Å²) in [5, 5.41) is 2.58. The molecule has 1 aliphatic rings. The first-order valence-electron chi connectivity index (χ1n) is 10.1. The molecule has 1 aromatic carbocycles. The van der Waals surface area contributed by atoms with Crippen LogP contribution in [0.5, 0.6) is 5.75 Å². The fourth-order valence-electron chi connectivity index (χ4n) is 3.27. The van der Waals surface area contributed by atoms with Gasteiger partial charge in [-0.15, -0.1) is 0 Å². The summed E-state index contributed by atoms with van der Waals surface area (Å²) in [7, 11) is 0. The van der Waals surface area contributed by atoms with Gasteiger partial charge < -0.3 is 19.7 Å². The molecule has 0 unspecified atom stereocenters. The van der Waals surface area contributed by atoms with Gasteiger partial charge in [0.05, 0.1) is 18.3 Å². The van der Waals surface area contributed by atoms with E-state index in [1.165, 1.54) is 12.1 Å². The number of carbonyl (C=O) groups is 2. The lowest BCUT2D eigenvalue weighted by atomic mass is 9.92. The molecule has 1 saturated heterocycles. The molecule has 2 amide bonds. The van der Waals surface area contributed by atoms with Gasteiger partial charge in [0.25, 0.3) is 5.91 Å². The Morgan fingerprint density at radius 2 is 2.00 bits per heavy atom. The minimum Gasteiger partial charge on any atom is -0.493 e. The molecule has 0 saturated carbocycles. The molecule has 0 atom stereocenters. The molecule has 156 valence electrons. The van der Waals surface area contributed by atoms with Crippen molar-refractivity contribution in [1.29, 1.82) is 0 Å². The van der Waals surface area contributed by atoms with Gasteiger partial charge in [-0.25, -0.2) is 9.18 Å². The molecule has 7 heteroatoms. The zero-order valence-electron chi connectivity index (χ0n) is 17.0. The quantitative estimate of drug-likeness (QED) is 0.677. The van der Waals surface area contributed by atoms with Crippen LogP contribution in [0.3, 0.4) is 0 Å². The van der Waals surface area contributed by atoms with Crippen molar-refractivity contribution in [2.24, 2.45) is 5.92 Å². The summed E-state index contributed by atoms with van der Waals surface area (Å²) in [6, 6.07) is 4.32. The van der Waals surface area contributed by atoms with Gasteiger partial charge in [-0.05, 0) is 64.5 Å². The van der Waals surface area contributed by atoms with Gasteiger partial charge in [0.1, 0.15) is 11.6 Å². The summed E-state index contributed by atoms with van der Waals surface area (Å²) >= 11 is 0. The van der Waals surface area contributed by atoms with E-state index in [1.54, 1.807) is 17.9 Å². The fraction of sp³-hybridized carbons (Fsp3) is 0.619. The van der Waals surface area contributed by atoms with Gasteiger partial charge in [0.15, 0.2) is 0 Å². The van der Waals surface area contributed by atoms with Crippen molar-refractivity contribution in [3.63, 3.8) is 0 Å². The number of likely N-dealkylation sites (tertiary alicyclic amines) is 1. The Bertz CT molecular complexity index is 658. The van der Waals surface area contributed by atoms with Crippen LogP contribution in [0, 0.1) is 11.7 Å². The van der Waals surface area contributed by atoms with Crippen molar-refractivity contribution < 1.29 is 23.5 Å². The molecule has 1 N–H and O–H groups in total. The monoisotopic (exact) mass is 394 g/mol. The van der Waals surface area contributed by atoms with Crippen LogP contribution >= 0.6 is 0 Å². The van der Waals surface area contributed by atoms with Gasteiger partial charge in [-0.3, -0.25) is 4.79 Å². The number of halogens is 1. The molecular weight excluding hydrogens is 363 g/mol. The Kier molecular flexibility index (Phi) is 8.54. The molecular formula is C21H31FN2O4. The number of hydrogen-bond acceptors (Lipinski definition) is 4. The van der Waals surface area contributed by atoms with Gasteiger partial charge in [-0.1, -0.05) is 0 Å². The SMILES string of the molecule is CCNC(=O)c1ccc(OCCCC2CCN(C(=O)OC(C)C)CC2)cc1F. The molecule has 0 spiro atoms. The van der Waals surface area contributed by atoms with Gasteiger partial charge in [0, 0.05) is 25.7 Å². The lowest BCUT2D eigenvalue weighted by Gasteiger charge is -2.31. The maximum atomic E-state index is 14.0. The molecule has 1 fully saturated rings. The second-order valence-corrected chi connectivity index (χ2v) is 7.35. The zero-order valence-corrected chi connectivity index (χ0v) is 17.0. The second kappa shape index (κ2) is 10.9. The molecule has 28 heavy (non-hydrogen) atoms. The van der Waals surface area contributed by atoms with E-state index >= 15 is 0 Å². The Balaban J connectivity index is 1.68. The van der Waals surface area contributed by atoms with Crippen LogP contribution in [-0.2, 0) is 4.74 Å². The summed E-state index contributed by atoms with van der Waals surface area (Å²) < 4.78 is 24.9. The summed E-state index contributed by atoms with van der Waals surface area (Å²) in [5.41, 5.74) is 0.0250. The van der Waals surface area contributed by atoms with E-state index in [9.17, 15) is 14.0 Å². The number of rotatable bonds is 8. The van der Waals surface area contributed by atoms with Crippen LogP contribution in [0.2, 0.25) is 0 Å². The molecule has 0 aliphatic carbocycles. The van der Waals surface area contributed by atoms with Gasteiger partial charge in [0.2, 0.25) is 0 Å². The Morgan fingerprint density at radius 1 is 1.29 bits per heavy atom.